The number of amides is 8. The van der Waals surface area contributed by atoms with Gasteiger partial charge in [0.15, 0.2) is 18.3 Å². The van der Waals surface area contributed by atoms with E-state index in [4.69, 9.17) is 24.7 Å². The fourth-order valence-electron chi connectivity index (χ4n) is 13.4. The summed E-state index contributed by atoms with van der Waals surface area (Å²) < 4.78 is 26.7. The topological polar surface area (TPSA) is 513 Å². The SMILES string of the molecule is C[N+]1=C(/C=C/C=C2\N(CCCCC(=O)NCCCCCC(=O)NC(CCC(=O)NCc3cn(CCO[C@H]4O[C@H](CO)[C@@H](O)[C@H](O)[C@@H]4O)nn3)C(=O)NCCCC(=O)NC(CCC(=O)NCc3cn(CCO[C@H]4O[C@H](CO)[C@@H](O)[C@H](O)[C@@H]4O)nn3)C(=O)NCC(N)=O)c3ccccc3C2(C)C)C(C)(C)c2ccccc21. The Morgan fingerprint density at radius 1 is 0.569 bits per heavy atom. The lowest BCUT2D eigenvalue weighted by atomic mass is 9.81. The van der Waals surface area contributed by atoms with Gasteiger partial charge in [0.05, 0.1) is 77.0 Å². The van der Waals surface area contributed by atoms with E-state index in [0.717, 1.165) is 18.7 Å². The Morgan fingerprint density at radius 2 is 1.06 bits per heavy atom. The van der Waals surface area contributed by atoms with E-state index in [1.807, 2.05) is 0 Å². The maximum Gasteiger partial charge on any atom is 0.243 e. The van der Waals surface area contributed by atoms with Crippen LogP contribution in [0.5, 0.6) is 0 Å². The van der Waals surface area contributed by atoms with Gasteiger partial charge in [-0.1, -0.05) is 73.2 Å². The summed E-state index contributed by atoms with van der Waals surface area (Å²) in [4.78, 5) is 107. The maximum atomic E-state index is 13.8. The third-order valence-electron chi connectivity index (χ3n) is 19.6. The molecule has 4 aliphatic heterocycles. The summed E-state index contributed by atoms with van der Waals surface area (Å²) in [6, 6.07) is 14.4. The van der Waals surface area contributed by atoms with Gasteiger partial charge in [0.1, 0.15) is 79.4 Å². The van der Waals surface area contributed by atoms with Crippen LogP contribution in [0.1, 0.15) is 134 Å². The summed E-state index contributed by atoms with van der Waals surface area (Å²) in [5.41, 5.74) is 12.8. The van der Waals surface area contributed by atoms with Crippen LogP contribution in [0.3, 0.4) is 0 Å². The van der Waals surface area contributed by atoms with Gasteiger partial charge in [-0.3, -0.25) is 38.4 Å². The number of nitrogens with two attached hydrogens (primary N) is 1. The van der Waals surface area contributed by atoms with Gasteiger partial charge in [-0.05, 0) is 76.5 Å². The average molecular weight is 1530 g/mol. The molecule has 598 valence electrons. The molecule has 8 rings (SSSR count). The molecule has 0 bridgehead atoms. The van der Waals surface area contributed by atoms with Gasteiger partial charge in [0.2, 0.25) is 52.9 Å². The van der Waals surface area contributed by atoms with Crippen LogP contribution in [0, 0.1) is 0 Å². The molecule has 6 heterocycles. The molecule has 36 heteroatoms. The van der Waals surface area contributed by atoms with Crippen LogP contribution in [-0.4, -0.2) is 262 Å². The summed E-state index contributed by atoms with van der Waals surface area (Å²) >= 11 is 0. The van der Waals surface area contributed by atoms with Crippen LogP contribution in [0.15, 0.2) is 84.8 Å². The lowest BCUT2D eigenvalue weighted by Crippen LogP contribution is -2.59. The molecule has 109 heavy (non-hydrogen) atoms. The largest absolute Gasteiger partial charge is 0.394 e. The summed E-state index contributed by atoms with van der Waals surface area (Å²) in [6.45, 7) is 8.02. The number of aromatic nitrogens is 6. The highest BCUT2D eigenvalue weighted by molar-refractivity contribution is 6.03. The van der Waals surface area contributed by atoms with Crippen molar-refractivity contribution in [3.8, 4) is 0 Å². The third-order valence-corrected chi connectivity index (χ3v) is 19.6. The van der Waals surface area contributed by atoms with Gasteiger partial charge < -0.3 is 108 Å². The number of anilines is 1. The van der Waals surface area contributed by atoms with E-state index >= 15 is 0 Å². The van der Waals surface area contributed by atoms with Gasteiger partial charge in [-0.2, -0.15) is 4.58 Å². The molecule has 4 aliphatic rings. The minimum Gasteiger partial charge on any atom is -0.394 e. The first-order chi connectivity index (χ1) is 52.1. The van der Waals surface area contributed by atoms with Gasteiger partial charge in [0.25, 0.3) is 0 Å². The van der Waals surface area contributed by atoms with Gasteiger partial charge in [0, 0.05) is 86.2 Å². The first-order valence-corrected chi connectivity index (χ1v) is 36.9. The number of rotatable bonds is 43. The Bertz CT molecular complexity index is 3820. The zero-order chi connectivity index (χ0) is 79.0. The van der Waals surface area contributed by atoms with Crippen molar-refractivity contribution in [1.29, 1.82) is 0 Å². The summed E-state index contributed by atoms with van der Waals surface area (Å²) in [5.74, 6) is -4.57. The molecule has 2 saturated heterocycles. The molecular formula is C73H107N16O20+. The second-order valence-electron chi connectivity index (χ2n) is 28.4. The molecule has 0 aliphatic carbocycles. The average Bonchev–Trinajstić information content (AvgIpc) is 1.60. The maximum absolute atomic E-state index is 13.8. The third kappa shape index (κ3) is 24.0. The van der Waals surface area contributed by atoms with Gasteiger partial charge in [-0.15, -0.1) is 10.2 Å². The number of ether oxygens (including phenoxy) is 4. The second-order valence-corrected chi connectivity index (χ2v) is 28.4. The van der Waals surface area contributed by atoms with Crippen LogP contribution in [0.4, 0.5) is 11.4 Å². The predicted octanol–water partition coefficient (Wildman–Crippen LogP) is -2.75. The Morgan fingerprint density at radius 3 is 1.61 bits per heavy atom. The lowest BCUT2D eigenvalue weighted by Gasteiger charge is -2.39. The van der Waals surface area contributed by atoms with E-state index in [9.17, 15) is 79.2 Å². The highest BCUT2D eigenvalue weighted by Gasteiger charge is 2.47. The van der Waals surface area contributed by atoms with E-state index < -0.39 is 135 Å². The Hall–Kier alpha value is -9.05. The predicted molar refractivity (Wildman–Crippen MR) is 390 cm³/mol. The molecule has 2 aromatic heterocycles. The van der Waals surface area contributed by atoms with Crippen molar-refractivity contribution in [3.63, 3.8) is 0 Å². The standard InChI is InChI=1S/C73H106N16O20/c1-72(2)46-17-8-10-19-50(46)86(5)54(72)21-15-22-55-73(3,4)47-18-9-11-20-51(47)89(55)32-14-12-23-57(93)75-30-13-6-7-24-60(96)80-48(26-28-58(94)77-37-44-40-87(84-82-44)33-35-106-70-66(102)64(100)62(98)52(42-90)108-70)68(104)76-31-16-25-61(97)81-49(69(105)79-39-56(74)92)27-29-59(95)78-38-45-41-88(85-83-45)34-36-107-71-67(103)65(101)63(99)53(43-91)109-71/h8-11,15,17-22,40-41,48-49,52-53,62-67,70-71,90-91,98-103H,6-7,12-14,16,23-39,42-43H2,1-5H3,(H8-,74,75,76,77,78,79,80,81,92,93,94,95,96,97,104,105)/p+1/t48?,49?,52-,53-,62-,63-,64+,65+,66+,67+,70+,71+/m1/s1. The van der Waals surface area contributed by atoms with Crippen LogP contribution in [-0.2, 0) is 94.3 Å². The lowest BCUT2D eigenvalue weighted by molar-refractivity contribution is -0.401. The minimum absolute atomic E-state index is 0.0230. The van der Waals surface area contributed by atoms with E-state index in [0.29, 0.717) is 50.0 Å². The smallest absolute Gasteiger partial charge is 0.243 e. The number of para-hydroxylation sites is 2. The molecule has 4 aromatic rings. The number of nitrogens with one attached hydrogen (secondary N) is 7. The number of unbranched alkanes of at least 4 members (excludes halogenated alkanes) is 3. The van der Waals surface area contributed by atoms with Crippen LogP contribution in [0.25, 0.3) is 0 Å². The first kappa shape index (κ1) is 85.6. The number of benzene rings is 2. The first-order valence-electron chi connectivity index (χ1n) is 36.9. The number of hydrogen-bond acceptors (Lipinski definition) is 25. The molecule has 2 fully saturated rings. The number of nitrogens with zero attached hydrogens (tertiary/aromatic N) is 8. The Kier molecular flexibility index (Phi) is 32.3. The van der Waals surface area contributed by atoms with Crippen molar-refractivity contribution < 1.29 is 103 Å². The fourth-order valence-corrected chi connectivity index (χ4v) is 13.4. The molecule has 0 spiro atoms. The fraction of sp³-hybridized carbons (Fsp3) is 0.603. The monoisotopic (exact) mass is 1530 g/mol. The molecule has 12 atom stereocenters. The molecule has 0 saturated carbocycles. The van der Waals surface area contributed by atoms with Crippen molar-refractivity contribution >= 4 is 64.3 Å². The van der Waals surface area contributed by atoms with E-state index in [2.05, 4.69) is 169 Å². The number of allylic oxidation sites excluding steroid dienone is 4. The summed E-state index contributed by atoms with van der Waals surface area (Å²) in [7, 11) is 2.11. The van der Waals surface area contributed by atoms with Crippen molar-refractivity contribution in [2.45, 2.75) is 222 Å². The van der Waals surface area contributed by atoms with Crippen molar-refractivity contribution in [2.75, 3.05) is 64.6 Å². The number of hydrogen-bond donors (Lipinski definition) is 16. The number of fused-ring (bicyclic) bond motifs is 2. The number of carbonyl (C=O) groups is 8. The summed E-state index contributed by atoms with van der Waals surface area (Å²) in [5, 5.41) is 114. The van der Waals surface area contributed by atoms with Crippen LogP contribution in [0.2, 0.25) is 0 Å². The Labute approximate surface area is 631 Å². The zero-order valence-electron chi connectivity index (χ0n) is 62.2. The molecule has 17 N–H and O–H groups in total. The zero-order valence-corrected chi connectivity index (χ0v) is 62.2. The number of aliphatic hydroxyl groups is 8. The number of aliphatic hydroxyl groups excluding tert-OH is 8. The molecule has 2 aromatic carbocycles. The molecule has 8 amide bonds. The molecule has 2 unspecified atom stereocenters. The Balaban J connectivity index is 0.772. The summed E-state index contributed by atoms with van der Waals surface area (Å²) in [6.07, 6.45) is -2.64. The van der Waals surface area contributed by atoms with Crippen molar-refractivity contribution in [2.24, 2.45) is 5.73 Å². The van der Waals surface area contributed by atoms with E-state index in [1.54, 1.807) is 0 Å². The molecular weight excluding hydrogens is 1420 g/mol. The van der Waals surface area contributed by atoms with Crippen molar-refractivity contribution in [3.05, 3.63) is 107 Å². The van der Waals surface area contributed by atoms with Crippen molar-refractivity contribution in [1.82, 2.24) is 67.2 Å². The van der Waals surface area contributed by atoms with Crippen LogP contribution < -0.4 is 47.9 Å². The van der Waals surface area contributed by atoms with E-state index in [1.165, 1.54) is 50.0 Å². The molecule has 36 nitrogen and oxygen atoms in total. The minimum atomic E-state index is -1.62. The van der Waals surface area contributed by atoms with Gasteiger partial charge in [-0.25, -0.2) is 9.36 Å². The highest BCUT2D eigenvalue weighted by atomic mass is 16.7. The van der Waals surface area contributed by atoms with Gasteiger partial charge >= 0.3 is 0 Å². The number of carbonyl (C=O) groups excluding carboxylic acids is 8. The van der Waals surface area contributed by atoms with E-state index in [-0.39, 0.29) is 108 Å². The second kappa shape index (κ2) is 41.1. The quantitative estimate of drug-likeness (QED) is 0.0158. The number of primary amides is 1. The highest BCUT2D eigenvalue weighted by Crippen LogP contribution is 2.48. The van der Waals surface area contributed by atoms with Crippen LogP contribution >= 0.6 is 0 Å². The molecule has 0 radical (unpaired) electrons. The normalized spacial score (nSPS) is 22.9.